The minimum absolute atomic E-state index is 0.774. The van der Waals surface area contributed by atoms with Crippen molar-refractivity contribution in [2.45, 2.75) is 0 Å². The first-order valence-electron chi connectivity index (χ1n) is 4.94. The summed E-state index contributed by atoms with van der Waals surface area (Å²) in [6.07, 6.45) is 4.07. The van der Waals surface area contributed by atoms with Gasteiger partial charge in [-0.05, 0) is 29.3 Å². The van der Waals surface area contributed by atoms with Crippen molar-refractivity contribution in [3.8, 4) is 0 Å². The van der Waals surface area contributed by atoms with Crippen LogP contribution in [0.25, 0.3) is 12.2 Å². The molecule has 2 heteroatoms. The quantitative estimate of drug-likeness (QED) is 0.661. The van der Waals surface area contributed by atoms with Gasteiger partial charge in [0.2, 0.25) is 0 Å². The van der Waals surface area contributed by atoms with Gasteiger partial charge in [-0.3, -0.25) is 0 Å². The van der Waals surface area contributed by atoms with Gasteiger partial charge in [0.1, 0.15) is 0 Å². The first kappa shape index (κ1) is 11.4. The Morgan fingerprint density at radius 3 is 2.25 bits per heavy atom. The van der Waals surface area contributed by atoms with Crippen LogP contribution < -0.4 is 0 Å². The van der Waals surface area contributed by atoms with Crippen LogP contribution in [0, 0.1) is 0 Å². The molecule has 0 N–H and O–H groups in total. The molecule has 2 aromatic carbocycles. The summed E-state index contributed by atoms with van der Waals surface area (Å²) in [6.45, 7) is 0. The number of halogens is 2. The minimum Gasteiger partial charge on any atom is -0.0837 e. The Bertz CT molecular complexity index is 500. The highest BCUT2D eigenvalue weighted by atomic mass is 79.9. The van der Waals surface area contributed by atoms with E-state index in [0.717, 1.165) is 20.6 Å². The molecule has 0 amide bonds. The summed E-state index contributed by atoms with van der Waals surface area (Å²) in [5.41, 5.74) is 2.19. The molecule has 80 valence electrons. The van der Waals surface area contributed by atoms with Gasteiger partial charge in [-0.2, -0.15) is 0 Å². The Kier molecular flexibility index (Phi) is 3.81. The molecule has 16 heavy (non-hydrogen) atoms. The van der Waals surface area contributed by atoms with E-state index in [1.165, 1.54) is 0 Å². The summed E-state index contributed by atoms with van der Waals surface area (Å²) in [5.74, 6) is 0. The smallest absolute Gasteiger partial charge is 0.0478 e. The molecule has 0 bridgehead atoms. The highest BCUT2D eigenvalue weighted by Gasteiger charge is 1.93. The van der Waals surface area contributed by atoms with Gasteiger partial charge in [0.25, 0.3) is 0 Å². The molecule has 0 unspecified atom stereocenters. The fourth-order valence-electron chi connectivity index (χ4n) is 1.37. The second-order valence-electron chi connectivity index (χ2n) is 3.41. The Morgan fingerprint density at radius 2 is 1.56 bits per heavy atom. The fourth-order valence-corrected chi connectivity index (χ4v) is 1.83. The molecular formula is C14H10BrCl. The van der Waals surface area contributed by atoms with Gasteiger partial charge in [0.15, 0.2) is 0 Å². The third kappa shape index (κ3) is 2.97. The lowest BCUT2D eigenvalue weighted by molar-refractivity contribution is 1.61. The summed E-state index contributed by atoms with van der Waals surface area (Å²) >= 11 is 9.46. The summed E-state index contributed by atoms with van der Waals surface area (Å²) in [4.78, 5) is 0. The van der Waals surface area contributed by atoms with E-state index in [2.05, 4.69) is 28.1 Å². The minimum atomic E-state index is 0.774. The molecule has 0 saturated carbocycles. The molecule has 0 heterocycles. The van der Waals surface area contributed by atoms with Gasteiger partial charge in [0.05, 0.1) is 0 Å². The second-order valence-corrected chi connectivity index (χ2v) is 4.73. The zero-order chi connectivity index (χ0) is 11.4. The fraction of sp³-hybridized carbons (Fsp3) is 0. The summed E-state index contributed by atoms with van der Waals surface area (Å²) < 4.78 is 1.09. The van der Waals surface area contributed by atoms with Gasteiger partial charge < -0.3 is 0 Å². The van der Waals surface area contributed by atoms with Crippen molar-refractivity contribution < 1.29 is 0 Å². The number of rotatable bonds is 2. The Balaban J connectivity index is 2.21. The molecule has 0 aliphatic carbocycles. The van der Waals surface area contributed by atoms with Crippen LogP contribution in [0.3, 0.4) is 0 Å². The third-order valence-electron chi connectivity index (χ3n) is 2.23. The van der Waals surface area contributed by atoms with Gasteiger partial charge in [-0.1, -0.05) is 70.0 Å². The molecule has 0 atom stereocenters. The molecule has 0 spiro atoms. The predicted octanol–water partition coefficient (Wildman–Crippen LogP) is 5.27. The lowest BCUT2D eigenvalue weighted by atomic mass is 10.1. The Labute approximate surface area is 109 Å². The van der Waals surface area contributed by atoms with E-state index >= 15 is 0 Å². The van der Waals surface area contributed by atoms with Gasteiger partial charge in [-0.15, -0.1) is 0 Å². The molecule has 0 aliphatic rings. The molecule has 0 radical (unpaired) electrons. The average molecular weight is 294 g/mol. The molecule has 0 saturated heterocycles. The summed E-state index contributed by atoms with van der Waals surface area (Å²) in [5, 5.41) is 0.774. The van der Waals surface area contributed by atoms with E-state index in [4.69, 9.17) is 11.6 Å². The normalized spacial score (nSPS) is 10.9. The van der Waals surface area contributed by atoms with Crippen LogP contribution in [0.4, 0.5) is 0 Å². The van der Waals surface area contributed by atoms with Crippen molar-refractivity contribution in [1.29, 1.82) is 0 Å². The number of hydrogen-bond acceptors (Lipinski definition) is 0. The van der Waals surface area contributed by atoms with Crippen LogP contribution in [0.2, 0.25) is 5.02 Å². The highest BCUT2D eigenvalue weighted by molar-refractivity contribution is 9.10. The van der Waals surface area contributed by atoms with Gasteiger partial charge in [-0.25, -0.2) is 0 Å². The number of hydrogen-bond donors (Lipinski definition) is 0. The lowest BCUT2D eigenvalue weighted by Gasteiger charge is -1.97. The summed E-state index contributed by atoms with van der Waals surface area (Å²) in [7, 11) is 0. The van der Waals surface area contributed by atoms with Crippen LogP contribution in [-0.2, 0) is 0 Å². The lowest BCUT2D eigenvalue weighted by Crippen LogP contribution is -1.74. The van der Waals surface area contributed by atoms with Gasteiger partial charge >= 0.3 is 0 Å². The van der Waals surface area contributed by atoms with Crippen molar-refractivity contribution in [3.63, 3.8) is 0 Å². The Hall–Kier alpha value is -1.05. The van der Waals surface area contributed by atoms with Crippen molar-refractivity contribution in [2.75, 3.05) is 0 Å². The molecule has 0 aliphatic heterocycles. The van der Waals surface area contributed by atoms with Crippen molar-refractivity contribution in [2.24, 2.45) is 0 Å². The molecule has 0 aromatic heterocycles. The van der Waals surface area contributed by atoms with E-state index in [0.29, 0.717) is 0 Å². The zero-order valence-electron chi connectivity index (χ0n) is 8.53. The van der Waals surface area contributed by atoms with E-state index < -0.39 is 0 Å². The van der Waals surface area contributed by atoms with Crippen LogP contribution in [0.1, 0.15) is 11.1 Å². The predicted molar refractivity (Wildman–Crippen MR) is 74.5 cm³/mol. The maximum atomic E-state index is 6.06. The standard InChI is InChI=1S/C14H10BrCl/c15-13-9-6-11(7-10-13)5-8-12-3-1-2-4-14(12)16/h1-10H/b8-5+. The maximum Gasteiger partial charge on any atom is 0.0478 e. The first-order valence-corrected chi connectivity index (χ1v) is 6.11. The third-order valence-corrected chi connectivity index (χ3v) is 3.10. The molecule has 2 aromatic rings. The van der Waals surface area contributed by atoms with E-state index in [1.54, 1.807) is 0 Å². The number of benzene rings is 2. The highest BCUT2D eigenvalue weighted by Crippen LogP contribution is 2.18. The van der Waals surface area contributed by atoms with Crippen LogP contribution in [0.15, 0.2) is 53.0 Å². The van der Waals surface area contributed by atoms with Crippen LogP contribution in [-0.4, -0.2) is 0 Å². The van der Waals surface area contributed by atoms with Gasteiger partial charge in [0, 0.05) is 9.50 Å². The van der Waals surface area contributed by atoms with E-state index in [-0.39, 0.29) is 0 Å². The molecule has 0 nitrogen and oxygen atoms in total. The monoisotopic (exact) mass is 292 g/mol. The topological polar surface area (TPSA) is 0 Å². The average Bonchev–Trinajstić information content (AvgIpc) is 2.30. The first-order chi connectivity index (χ1) is 7.75. The molecule has 0 fully saturated rings. The summed E-state index contributed by atoms with van der Waals surface area (Å²) in [6, 6.07) is 15.9. The largest absolute Gasteiger partial charge is 0.0837 e. The zero-order valence-corrected chi connectivity index (χ0v) is 10.9. The SMILES string of the molecule is Clc1ccccc1/C=C/c1ccc(Br)cc1. The van der Waals surface area contributed by atoms with E-state index in [1.807, 2.05) is 48.6 Å². The van der Waals surface area contributed by atoms with Crippen molar-refractivity contribution in [3.05, 3.63) is 69.2 Å². The Morgan fingerprint density at radius 1 is 0.875 bits per heavy atom. The molecular weight excluding hydrogens is 284 g/mol. The molecule has 2 rings (SSSR count). The van der Waals surface area contributed by atoms with Crippen molar-refractivity contribution in [1.82, 2.24) is 0 Å². The second kappa shape index (κ2) is 5.33. The van der Waals surface area contributed by atoms with Crippen LogP contribution >= 0.6 is 27.5 Å². The van der Waals surface area contributed by atoms with Crippen LogP contribution in [0.5, 0.6) is 0 Å². The maximum absolute atomic E-state index is 6.06. The van der Waals surface area contributed by atoms with E-state index in [9.17, 15) is 0 Å². The van der Waals surface area contributed by atoms with Crippen molar-refractivity contribution >= 4 is 39.7 Å².